The predicted octanol–water partition coefficient (Wildman–Crippen LogP) is 5.51. The summed E-state index contributed by atoms with van der Waals surface area (Å²) < 4.78 is 6.91. The maximum atomic E-state index is 4.53. The molecule has 3 heteroatoms. The summed E-state index contributed by atoms with van der Waals surface area (Å²) in [5.41, 5.74) is 1.24. The minimum atomic E-state index is -0.513. The van der Waals surface area contributed by atoms with Gasteiger partial charge in [-0.05, 0) is 0 Å². The van der Waals surface area contributed by atoms with E-state index in [0.29, 0.717) is 3.43 Å². The van der Waals surface area contributed by atoms with E-state index in [1.54, 1.807) is 14.4 Å². The third kappa shape index (κ3) is 6.46. The number of hydrogen-bond acceptors (Lipinski definition) is 2. The van der Waals surface area contributed by atoms with Gasteiger partial charge in [0.1, 0.15) is 0 Å². The number of aromatic nitrogens is 1. The normalized spacial score (nSPS) is 12.0. The molecule has 0 saturated carbocycles. The second-order valence-corrected chi connectivity index (χ2v) is 13.2. The van der Waals surface area contributed by atoms with Crippen LogP contribution in [0.2, 0.25) is 3.43 Å². The zero-order valence-electron chi connectivity index (χ0n) is 13.8. The third-order valence-electron chi connectivity index (χ3n) is 4.04. The van der Waals surface area contributed by atoms with Crippen LogP contribution in [0.15, 0.2) is 6.07 Å². The molecule has 0 bridgehead atoms. The molecule has 0 aliphatic rings. The van der Waals surface area contributed by atoms with E-state index in [-0.39, 0.29) is 0 Å². The maximum absolute atomic E-state index is 4.53. The fraction of sp³-hybridized carbons (Fsp3) is 0.824. The molecule has 0 saturated heterocycles. The minimum absolute atomic E-state index is 0.513. The van der Waals surface area contributed by atoms with Crippen LogP contribution in [0, 0.1) is 6.92 Å². The number of rotatable bonds is 11. The zero-order chi connectivity index (χ0) is 14.8. The summed E-state index contributed by atoms with van der Waals surface area (Å²) >= 11 is 1.29. The van der Waals surface area contributed by atoms with Crippen LogP contribution < -0.4 is 2.89 Å². The summed E-state index contributed by atoms with van der Waals surface area (Å²) in [6.07, 6.45) is 12.7. The Morgan fingerprint density at radius 3 is 1.85 bits per heavy atom. The molecular weight excluding hydrogens is 369 g/mol. The molecule has 1 aromatic rings. The van der Waals surface area contributed by atoms with E-state index >= 15 is 0 Å². The van der Waals surface area contributed by atoms with Crippen LogP contribution in [0.25, 0.3) is 0 Å². The number of unbranched alkanes of at least 4 members (excludes halogenated alkanes) is 3. The Balaban J connectivity index is 2.80. The SMILES string of the molecule is CCCC[C](CCCC)(CCCC)[Sn][c]1cc(C)ns1. The first-order valence-electron chi connectivity index (χ1n) is 8.37. The number of hydrogen-bond donors (Lipinski definition) is 0. The second-order valence-electron chi connectivity index (χ2n) is 6.05. The van der Waals surface area contributed by atoms with Gasteiger partial charge in [-0.15, -0.1) is 0 Å². The van der Waals surface area contributed by atoms with Gasteiger partial charge in [0, 0.05) is 0 Å². The van der Waals surface area contributed by atoms with Crippen molar-refractivity contribution < 1.29 is 0 Å². The molecule has 114 valence electrons. The average molecular weight is 400 g/mol. The molecule has 2 radical (unpaired) electrons. The molecule has 0 unspecified atom stereocenters. The predicted molar refractivity (Wildman–Crippen MR) is 93.5 cm³/mol. The quantitative estimate of drug-likeness (QED) is 0.447. The first-order chi connectivity index (χ1) is 9.65. The van der Waals surface area contributed by atoms with Crippen molar-refractivity contribution >= 4 is 35.6 Å². The van der Waals surface area contributed by atoms with Gasteiger partial charge in [0.05, 0.1) is 0 Å². The molecule has 0 spiro atoms. The molecule has 0 fully saturated rings. The van der Waals surface area contributed by atoms with Crippen molar-refractivity contribution in [1.29, 1.82) is 0 Å². The van der Waals surface area contributed by atoms with Crippen LogP contribution in [-0.4, -0.2) is 25.5 Å². The molecule has 0 aliphatic carbocycles. The molecule has 0 aliphatic heterocycles. The van der Waals surface area contributed by atoms with E-state index in [1.165, 1.54) is 63.5 Å². The first-order valence-corrected chi connectivity index (χ1v) is 12.0. The van der Waals surface area contributed by atoms with Crippen LogP contribution in [0.5, 0.6) is 0 Å². The summed E-state index contributed by atoms with van der Waals surface area (Å²) in [6.45, 7) is 9.16. The topological polar surface area (TPSA) is 12.9 Å². The van der Waals surface area contributed by atoms with Gasteiger partial charge < -0.3 is 0 Å². The molecule has 1 rings (SSSR count). The van der Waals surface area contributed by atoms with Crippen molar-refractivity contribution in [2.45, 2.75) is 88.9 Å². The Kier molecular flexibility index (Phi) is 9.43. The van der Waals surface area contributed by atoms with Gasteiger partial charge in [0.25, 0.3) is 0 Å². The van der Waals surface area contributed by atoms with Crippen molar-refractivity contribution in [1.82, 2.24) is 4.37 Å². The van der Waals surface area contributed by atoms with Gasteiger partial charge in [0.2, 0.25) is 0 Å². The zero-order valence-corrected chi connectivity index (χ0v) is 17.5. The van der Waals surface area contributed by atoms with Gasteiger partial charge in [-0.3, -0.25) is 0 Å². The Morgan fingerprint density at radius 2 is 1.50 bits per heavy atom. The van der Waals surface area contributed by atoms with E-state index < -0.39 is 21.1 Å². The van der Waals surface area contributed by atoms with Gasteiger partial charge >= 0.3 is 141 Å². The summed E-state index contributed by atoms with van der Waals surface area (Å²) in [4.78, 5) is 0. The Bertz CT molecular complexity index is 340. The summed E-state index contributed by atoms with van der Waals surface area (Å²) in [7, 11) is 0. The van der Waals surface area contributed by atoms with Gasteiger partial charge in [0.15, 0.2) is 0 Å². The third-order valence-corrected chi connectivity index (χ3v) is 11.0. The van der Waals surface area contributed by atoms with Crippen LogP contribution in [0.3, 0.4) is 0 Å². The molecule has 1 heterocycles. The molecule has 0 amide bonds. The van der Waals surface area contributed by atoms with Crippen molar-refractivity contribution in [3.8, 4) is 0 Å². The van der Waals surface area contributed by atoms with E-state index in [9.17, 15) is 0 Å². The fourth-order valence-electron chi connectivity index (χ4n) is 2.79. The Morgan fingerprint density at radius 1 is 1.00 bits per heavy atom. The van der Waals surface area contributed by atoms with Crippen LogP contribution in [0.1, 0.15) is 84.3 Å². The van der Waals surface area contributed by atoms with Gasteiger partial charge in [-0.2, -0.15) is 0 Å². The van der Waals surface area contributed by atoms with Crippen LogP contribution in [0.4, 0.5) is 0 Å². The van der Waals surface area contributed by atoms with E-state index in [1.807, 2.05) is 0 Å². The summed E-state index contributed by atoms with van der Waals surface area (Å²) in [5.74, 6) is 0. The molecule has 0 atom stereocenters. The molecular formula is C17H31NSSn. The summed E-state index contributed by atoms with van der Waals surface area (Å²) in [6, 6.07) is 2.38. The van der Waals surface area contributed by atoms with Crippen molar-refractivity contribution in [2.75, 3.05) is 0 Å². The van der Waals surface area contributed by atoms with Crippen molar-refractivity contribution in [2.24, 2.45) is 0 Å². The Hall–Kier alpha value is 0.429. The van der Waals surface area contributed by atoms with E-state index in [2.05, 4.69) is 38.1 Å². The van der Waals surface area contributed by atoms with Crippen molar-refractivity contribution in [3.63, 3.8) is 0 Å². The molecule has 1 nitrogen and oxygen atoms in total. The first kappa shape index (κ1) is 18.5. The molecule has 0 N–H and O–H groups in total. The second kappa shape index (κ2) is 10.2. The van der Waals surface area contributed by atoms with Crippen molar-refractivity contribution in [3.05, 3.63) is 11.8 Å². The van der Waals surface area contributed by atoms with Crippen LogP contribution in [-0.2, 0) is 0 Å². The Labute approximate surface area is 140 Å². The monoisotopic (exact) mass is 401 g/mol. The fourth-order valence-corrected chi connectivity index (χ4v) is 10.5. The molecule has 1 aromatic heterocycles. The average Bonchev–Trinajstić information content (AvgIpc) is 2.85. The van der Waals surface area contributed by atoms with E-state index in [4.69, 9.17) is 0 Å². The molecule has 0 aromatic carbocycles. The number of nitrogens with zero attached hydrogens (tertiary/aromatic N) is 1. The van der Waals surface area contributed by atoms with Gasteiger partial charge in [-0.1, -0.05) is 0 Å². The standard InChI is InChI=1S/C13H27.C4H4NS.Sn/c1-4-7-10-13(11-8-5-2)12-9-6-3;1-4-2-3-6-5-4;/h4-12H2,1-3H3;2H,1H3;. The van der Waals surface area contributed by atoms with E-state index in [0.717, 1.165) is 0 Å². The molecule has 20 heavy (non-hydrogen) atoms. The van der Waals surface area contributed by atoms with Crippen LogP contribution >= 0.6 is 11.5 Å². The number of aryl methyl sites for hydroxylation is 1. The van der Waals surface area contributed by atoms with Gasteiger partial charge in [-0.25, -0.2) is 0 Å². The summed E-state index contributed by atoms with van der Waals surface area (Å²) in [5, 5.41) is 0.